The first-order valence-electron chi connectivity index (χ1n) is 12.1. The molecule has 0 aliphatic carbocycles. The van der Waals surface area contributed by atoms with Gasteiger partial charge in [0.25, 0.3) is 11.8 Å². The largest absolute Gasteiger partial charge is 0.454 e. The van der Waals surface area contributed by atoms with Crippen LogP contribution in [0.25, 0.3) is 0 Å². The monoisotopic (exact) mass is 484 g/mol. The molecule has 3 aromatic rings. The molecule has 0 aromatic heterocycles. The van der Waals surface area contributed by atoms with Crippen LogP contribution in [0.5, 0.6) is 23.0 Å². The molecule has 8 nitrogen and oxygen atoms in total. The molecule has 0 N–H and O–H groups in total. The van der Waals surface area contributed by atoms with Gasteiger partial charge in [0.15, 0.2) is 23.0 Å². The number of benzene rings is 3. The predicted molar refractivity (Wildman–Crippen MR) is 130 cm³/mol. The summed E-state index contributed by atoms with van der Waals surface area (Å²) in [6.07, 6.45) is 1.57. The molecule has 0 bridgehead atoms. The van der Waals surface area contributed by atoms with Crippen molar-refractivity contribution in [1.82, 2.24) is 4.90 Å². The molecule has 8 heteroatoms. The maximum atomic E-state index is 13.6. The van der Waals surface area contributed by atoms with Gasteiger partial charge in [-0.1, -0.05) is 18.2 Å². The van der Waals surface area contributed by atoms with Gasteiger partial charge in [0.1, 0.15) is 0 Å². The molecule has 0 atom stereocenters. The average molecular weight is 485 g/mol. The molecule has 0 unspecified atom stereocenters. The van der Waals surface area contributed by atoms with Crippen LogP contribution in [0.2, 0.25) is 0 Å². The fourth-order valence-corrected chi connectivity index (χ4v) is 5.77. The third kappa shape index (κ3) is 3.21. The van der Waals surface area contributed by atoms with E-state index in [1.54, 1.807) is 36.4 Å². The van der Waals surface area contributed by atoms with Crippen molar-refractivity contribution >= 4 is 17.5 Å². The van der Waals surface area contributed by atoms with Gasteiger partial charge in [-0.25, -0.2) is 0 Å². The van der Waals surface area contributed by atoms with Crippen molar-refractivity contribution < 1.29 is 28.5 Å². The third-order valence-corrected chi connectivity index (χ3v) is 7.72. The van der Waals surface area contributed by atoms with Gasteiger partial charge < -0.3 is 28.7 Å². The number of carbonyl (C=O) groups excluding carboxylic acids is 2. The number of para-hydroxylation sites is 1. The number of rotatable bonds is 2. The molecular weight excluding hydrogens is 460 g/mol. The minimum Gasteiger partial charge on any atom is -0.454 e. The quantitative estimate of drug-likeness (QED) is 0.548. The van der Waals surface area contributed by atoms with Crippen LogP contribution in [-0.2, 0) is 5.41 Å². The molecule has 4 aliphatic heterocycles. The van der Waals surface area contributed by atoms with Gasteiger partial charge in [-0.05, 0) is 60.9 Å². The van der Waals surface area contributed by atoms with Crippen LogP contribution in [0.4, 0.5) is 5.69 Å². The van der Waals surface area contributed by atoms with Crippen molar-refractivity contribution in [3.05, 3.63) is 77.4 Å². The summed E-state index contributed by atoms with van der Waals surface area (Å²) < 4.78 is 21.7. The predicted octanol–water partition coefficient (Wildman–Crippen LogP) is 3.98. The summed E-state index contributed by atoms with van der Waals surface area (Å²) in [5.74, 6) is 2.46. The first-order valence-corrected chi connectivity index (χ1v) is 12.1. The van der Waals surface area contributed by atoms with E-state index in [9.17, 15) is 9.59 Å². The van der Waals surface area contributed by atoms with Crippen LogP contribution >= 0.6 is 0 Å². The lowest BCUT2D eigenvalue weighted by atomic mass is 9.74. The first-order chi connectivity index (χ1) is 17.6. The van der Waals surface area contributed by atoms with E-state index in [2.05, 4.69) is 6.07 Å². The van der Waals surface area contributed by atoms with Gasteiger partial charge in [-0.3, -0.25) is 9.59 Å². The number of nitrogens with zero attached hydrogens (tertiary/aromatic N) is 2. The molecule has 1 saturated heterocycles. The lowest BCUT2D eigenvalue weighted by Gasteiger charge is -2.40. The Balaban J connectivity index is 1.12. The highest BCUT2D eigenvalue weighted by atomic mass is 16.7. The Morgan fingerprint density at radius 1 is 0.694 bits per heavy atom. The van der Waals surface area contributed by atoms with Gasteiger partial charge in [-0.15, -0.1) is 0 Å². The molecule has 0 radical (unpaired) electrons. The van der Waals surface area contributed by atoms with E-state index in [0.29, 0.717) is 53.8 Å². The van der Waals surface area contributed by atoms with E-state index < -0.39 is 0 Å². The van der Waals surface area contributed by atoms with E-state index in [1.165, 1.54) is 5.56 Å². The second-order valence-corrected chi connectivity index (χ2v) is 9.62. The molecular formula is C28H24N2O6. The minimum absolute atomic E-state index is 0.0114. The number of piperidine rings is 1. The highest BCUT2D eigenvalue weighted by Gasteiger charge is 2.47. The summed E-state index contributed by atoms with van der Waals surface area (Å²) in [7, 11) is 0. The zero-order chi connectivity index (χ0) is 24.3. The Kier molecular flexibility index (Phi) is 4.64. The lowest BCUT2D eigenvalue weighted by molar-refractivity contribution is 0.0670. The zero-order valence-electron chi connectivity index (χ0n) is 19.6. The number of carbonyl (C=O) groups is 2. The summed E-state index contributed by atoms with van der Waals surface area (Å²) in [5.41, 5.74) is 3.10. The Bertz CT molecular complexity index is 1390. The fraction of sp³-hybridized carbons (Fsp3) is 0.286. The number of hydrogen-bond donors (Lipinski definition) is 0. The third-order valence-electron chi connectivity index (χ3n) is 7.72. The summed E-state index contributed by atoms with van der Waals surface area (Å²) >= 11 is 0. The van der Waals surface area contributed by atoms with Crippen LogP contribution in [0.1, 0.15) is 39.1 Å². The molecule has 2 amide bonds. The van der Waals surface area contributed by atoms with Crippen molar-refractivity contribution in [1.29, 1.82) is 0 Å². The standard InChI is InChI=1S/C28H24N2O6/c31-26(18-5-7-22-24(13-18)35-16-33-22)29-11-9-28(10-12-29)15-30(21-4-2-1-3-20(21)28)27(32)19-6-8-23-25(14-19)36-17-34-23/h1-8,13-14H,9-12,15-17H2. The van der Waals surface area contributed by atoms with Gasteiger partial charge >= 0.3 is 0 Å². The molecule has 3 aromatic carbocycles. The van der Waals surface area contributed by atoms with Gasteiger partial charge in [0, 0.05) is 41.9 Å². The molecule has 0 saturated carbocycles. The second kappa shape index (κ2) is 7.91. The SMILES string of the molecule is O=C(c1ccc2c(c1)OCO2)N1CCC2(CC1)CN(C(=O)c1ccc3c(c1)OCO3)c1ccccc12. The van der Waals surface area contributed by atoms with Crippen LogP contribution in [0, 0.1) is 0 Å². The summed E-state index contributed by atoms with van der Waals surface area (Å²) in [6, 6.07) is 18.8. The van der Waals surface area contributed by atoms with Crippen molar-refractivity contribution in [2.45, 2.75) is 18.3 Å². The van der Waals surface area contributed by atoms with Crippen LogP contribution in [-0.4, -0.2) is 49.9 Å². The van der Waals surface area contributed by atoms with Crippen molar-refractivity contribution in [3.8, 4) is 23.0 Å². The van der Waals surface area contributed by atoms with Crippen molar-refractivity contribution in [3.63, 3.8) is 0 Å². The van der Waals surface area contributed by atoms with Crippen LogP contribution in [0.3, 0.4) is 0 Å². The Morgan fingerprint density at radius 3 is 1.94 bits per heavy atom. The average Bonchev–Trinajstić information content (AvgIpc) is 3.66. The summed E-state index contributed by atoms with van der Waals surface area (Å²) in [4.78, 5) is 30.6. The van der Waals surface area contributed by atoms with E-state index in [0.717, 1.165) is 18.5 Å². The minimum atomic E-state index is -0.186. The molecule has 36 heavy (non-hydrogen) atoms. The van der Waals surface area contributed by atoms with E-state index in [1.807, 2.05) is 28.0 Å². The number of ether oxygens (including phenoxy) is 4. The Labute approximate surface area is 207 Å². The van der Waals surface area contributed by atoms with Crippen LogP contribution in [0.15, 0.2) is 60.7 Å². The Morgan fingerprint density at radius 2 is 1.28 bits per heavy atom. The number of anilines is 1. The maximum Gasteiger partial charge on any atom is 0.258 e. The van der Waals surface area contributed by atoms with Crippen LogP contribution < -0.4 is 23.8 Å². The lowest BCUT2D eigenvalue weighted by Crippen LogP contribution is -2.47. The molecule has 7 rings (SSSR count). The molecule has 1 fully saturated rings. The van der Waals surface area contributed by atoms with Crippen molar-refractivity contribution in [2.24, 2.45) is 0 Å². The van der Waals surface area contributed by atoms with E-state index >= 15 is 0 Å². The Hall–Kier alpha value is -4.20. The zero-order valence-corrected chi connectivity index (χ0v) is 19.6. The number of fused-ring (bicyclic) bond motifs is 4. The number of hydrogen-bond acceptors (Lipinski definition) is 6. The van der Waals surface area contributed by atoms with Crippen molar-refractivity contribution in [2.75, 3.05) is 38.1 Å². The normalized spacial score (nSPS) is 18.4. The fourth-order valence-electron chi connectivity index (χ4n) is 5.77. The molecule has 4 heterocycles. The van der Waals surface area contributed by atoms with Gasteiger partial charge in [0.2, 0.25) is 13.6 Å². The highest BCUT2D eigenvalue weighted by Crippen LogP contribution is 2.48. The smallest absolute Gasteiger partial charge is 0.258 e. The molecule has 1 spiro atoms. The summed E-state index contributed by atoms with van der Waals surface area (Å²) in [5, 5.41) is 0. The topological polar surface area (TPSA) is 77.5 Å². The van der Waals surface area contributed by atoms with Gasteiger partial charge in [-0.2, -0.15) is 0 Å². The summed E-state index contributed by atoms with van der Waals surface area (Å²) in [6.45, 7) is 2.18. The van der Waals surface area contributed by atoms with Gasteiger partial charge in [0.05, 0.1) is 0 Å². The van der Waals surface area contributed by atoms with E-state index in [4.69, 9.17) is 18.9 Å². The maximum absolute atomic E-state index is 13.6. The first kappa shape index (κ1) is 21.1. The molecule has 182 valence electrons. The highest BCUT2D eigenvalue weighted by molar-refractivity contribution is 6.08. The number of amides is 2. The van der Waals surface area contributed by atoms with E-state index in [-0.39, 0.29) is 30.8 Å². The molecule has 4 aliphatic rings. The number of likely N-dealkylation sites (tertiary alicyclic amines) is 1. The second-order valence-electron chi connectivity index (χ2n) is 9.62.